The van der Waals surface area contributed by atoms with Gasteiger partial charge in [-0.3, -0.25) is 4.79 Å². The van der Waals surface area contributed by atoms with Gasteiger partial charge in [-0.05, 0) is 19.1 Å². The predicted octanol–water partition coefficient (Wildman–Crippen LogP) is 1.00. The summed E-state index contributed by atoms with van der Waals surface area (Å²) in [6, 6.07) is 3.98. The Balaban J connectivity index is 1.90. The van der Waals surface area contributed by atoms with Crippen LogP contribution in [-0.2, 0) is 16.1 Å². The van der Waals surface area contributed by atoms with Crippen molar-refractivity contribution in [1.29, 1.82) is 0 Å². The van der Waals surface area contributed by atoms with Crippen molar-refractivity contribution in [2.75, 3.05) is 26.8 Å². The maximum absolute atomic E-state index is 12.1. The third kappa shape index (κ3) is 3.28. The molecular formula is C12H18N2O2S. The normalized spacial score (nSPS) is 20.2. The first-order valence-corrected chi connectivity index (χ1v) is 6.60. The first-order valence-electron chi connectivity index (χ1n) is 5.78. The monoisotopic (exact) mass is 254 g/mol. The van der Waals surface area contributed by atoms with E-state index in [1.54, 1.807) is 16.2 Å². The van der Waals surface area contributed by atoms with Crippen LogP contribution in [0.4, 0.5) is 0 Å². The molecule has 94 valence electrons. The third-order valence-corrected chi connectivity index (χ3v) is 3.77. The molecule has 0 saturated carbocycles. The van der Waals surface area contributed by atoms with Crippen molar-refractivity contribution in [2.45, 2.75) is 19.5 Å². The van der Waals surface area contributed by atoms with Crippen LogP contribution >= 0.6 is 11.3 Å². The molecule has 5 heteroatoms. The number of carbonyl (C=O) groups is 1. The van der Waals surface area contributed by atoms with E-state index in [0.717, 1.165) is 6.54 Å². The standard InChI is InChI=1S/C12H18N2O2S/c1-9-3-4-10(17-9)7-14(2)12(15)11-8-16-6-5-13-11/h3-4,11,13H,5-8H2,1-2H3. The second-order valence-electron chi connectivity index (χ2n) is 4.29. The fraction of sp³-hybridized carbons (Fsp3) is 0.583. The van der Waals surface area contributed by atoms with Crippen LogP contribution in [0.3, 0.4) is 0 Å². The molecule has 4 nitrogen and oxygen atoms in total. The van der Waals surface area contributed by atoms with Gasteiger partial charge in [-0.2, -0.15) is 0 Å². The topological polar surface area (TPSA) is 41.6 Å². The molecule has 1 fully saturated rings. The fourth-order valence-corrected chi connectivity index (χ4v) is 2.82. The van der Waals surface area contributed by atoms with Gasteiger partial charge in [-0.1, -0.05) is 0 Å². The van der Waals surface area contributed by atoms with Gasteiger partial charge in [0.15, 0.2) is 0 Å². The van der Waals surface area contributed by atoms with E-state index in [1.165, 1.54) is 9.75 Å². The molecule has 2 rings (SSSR count). The summed E-state index contributed by atoms with van der Waals surface area (Å²) in [6.45, 7) is 4.68. The summed E-state index contributed by atoms with van der Waals surface area (Å²) in [6.07, 6.45) is 0. The Kier molecular flexibility index (Phi) is 4.15. The largest absolute Gasteiger partial charge is 0.378 e. The molecule has 1 amide bonds. The maximum atomic E-state index is 12.1. The van der Waals surface area contributed by atoms with Gasteiger partial charge in [0.05, 0.1) is 19.8 Å². The van der Waals surface area contributed by atoms with Crippen LogP contribution < -0.4 is 5.32 Å². The lowest BCUT2D eigenvalue weighted by molar-refractivity contribution is -0.135. The summed E-state index contributed by atoms with van der Waals surface area (Å²) in [4.78, 5) is 16.4. The number of carbonyl (C=O) groups excluding carboxylic acids is 1. The highest BCUT2D eigenvalue weighted by Crippen LogP contribution is 2.17. The smallest absolute Gasteiger partial charge is 0.242 e. The van der Waals surface area contributed by atoms with Crippen LogP contribution in [0.2, 0.25) is 0 Å². The summed E-state index contributed by atoms with van der Waals surface area (Å²) < 4.78 is 5.30. The van der Waals surface area contributed by atoms with Crippen molar-refractivity contribution >= 4 is 17.2 Å². The van der Waals surface area contributed by atoms with E-state index in [4.69, 9.17) is 4.74 Å². The van der Waals surface area contributed by atoms with Gasteiger partial charge in [0.25, 0.3) is 0 Å². The van der Waals surface area contributed by atoms with Crippen LogP contribution in [0.5, 0.6) is 0 Å². The second-order valence-corrected chi connectivity index (χ2v) is 5.66. The van der Waals surface area contributed by atoms with Gasteiger partial charge < -0.3 is 15.0 Å². The molecule has 1 aliphatic heterocycles. The lowest BCUT2D eigenvalue weighted by Gasteiger charge is -2.27. The minimum absolute atomic E-state index is 0.107. The quantitative estimate of drug-likeness (QED) is 0.875. The van der Waals surface area contributed by atoms with Crippen LogP contribution in [0.25, 0.3) is 0 Å². The van der Waals surface area contributed by atoms with Gasteiger partial charge in [0.2, 0.25) is 5.91 Å². The van der Waals surface area contributed by atoms with E-state index < -0.39 is 0 Å². The second kappa shape index (κ2) is 5.62. The molecule has 0 aliphatic carbocycles. The molecule has 1 unspecified atom stereocenters. The van der Waals surface area contributed by atoms with Crippen LogP contribution in [0.15, 0.2) is 12.1 Å². The summed E-state index contributed by atoms with van der Waals surface area (Å²) in [5, 5.41) is 3.18. The number of aryl methyl sites for hydroxylation is 1. The number of nitrogens with zero attached hydrogens (tertiary/aromatic N) is 1. The van der Waals surface area contributed by atoms with Crippen molar-refractivity contribution < 1.29 is 9.53 Å². The summed E-state index contributed by atoms with van der Waals surface area (Å²) >= 11 is 1.73. The highest BCUT2D eigenvalue weighted by molar-refractivity contribution is 7.11. The van der Waals surface area contributed by atoms with E-state index in [2.05, 4.69) is 24.4 Å². The van der Waals surface area contributed by atoms with E-state index in [0.29, 0.717) is 19.8 Å². The summed E-state index contributed by atoms with van der Waals surface area (Å²) in [5.74, 6) is 0.107. The molecule has 0 bridgehead atoms. The number of amides is 1. The molecule has 2 heterocycles. The number of rotatable bonds is 3. The first kappa shape index (κ1) is 12.5. The minimum Gasteiger partial charge on any atom is -0.378 e. The van der Waals surface area contributed by atoms with Crippen molar-refractivity contribution in [3.05, 3.63) is 21.9 Å². The van der Waals surface area contributed by atoms with Crippen molar-refractivity contribution in [1.82, 2.24) is 10.2 Å². The van der Waals surface area contributed by atoms with E-state index in [-0.39, 0.29) is 11.9 Å². The molecule has 1 saturated heterocycles. The zero-order valence-electron chi connectivity index (χ0n) is 10.2. The molecule has 1 aromatic rings. The number of likely N-dealkylation sites (N-methyl/N-ethyl adjacent to an activating group) is 1. The van der Waals surface area contributed by atoms with E-state index in [1.807, 2.05) is 7.05 Å². The number of morpholine rings is 1. The van der Waals surface area contributed by atoms with Gasteiger partial charge in [0.1, 0.15) is 6.04 Å². The fourth-order valence-electron chi connectivity index (χ4n) is 1.87. The average Bonchev–Trinajstić information content (AvgIpc) is 2.75. The lowest BCUT2D eigenvalue weighted by atomic mass is 10.2. The Morgan fingerprint density at radius 3 is 3.06 bits per heavy atom. The summed E-state index contributed by atoms with van der Waals surface area (Å²) in [5.41, 5.74) is 0. The lowest BCUT2D eigenvalue weighted by Crippen LogP contribution is -2.51. The van der Waals surface area contributed by atoms with Gasteiger partial charge >= 0.3 is 0 Å². The highest BCUT2D eigenvalue weighted by Gasteiger charge is 2.24. The van der Waals surface area contributed by atoms with Gasteiger partial charge in [-0.25, -0.2) is 0 Å². The number of nitrogens with one attached hydrogen (secondary N) is 1. The molecule has 1 aliphatic rings. The molecule has 17 heavy (non-hydrogen) atoms. The predicted molar refractivity (Wildman–Crippen MR) is 68.1 cm³/mol. The number of thiophene rings is 1. The highest BCUT2D eigenvalue weighted by atomic mass is 32.1. The molecule has 0 spiro atoms. The zero-order chi connectivity index (χ0) is 12.3. The maximum Gasteiger partial charge on any atom is 0.242 e. The molecule has 1 N–H and O–H groups in total. The third-order valence-electron chi connectivity index (χ3n) is 2.78. The Morgan fingerprint density at radius 1 is 1.65 bits per heavy atom. The van der Waals surface area contributed by atoms with Crippen molar-refractivity contribution in [3.63, 3.8) is 0 Å². The molecular weight excluding hydrogens is 236 g/mol. The Labute approximate surface area is 106 Å². The number of ether oxygens (including phenoxy) is 1. The van der Waals surface area contributed by atoms with Crippen LogP contribution in [0, 0.1) is 6.92 Å². The molecule has 1 atom stereocenters. The Hall–Kier alpha value is -0.910. The van der Waals surface area contributed by atoms with Crippen molar-refractivity contribution in [3.8, 4) is 0 Å². The average molecular weight is 254 g/mol. The van der Waals surface area contributed by atoms with Crippen LogP contribution in [0.1, 0.15) is 9.75 Å². The molecule has 0 radical (unpaired) electrons. The zero-order valence-corrected chi connectivity index (χ0v) is 11.0. The number of hydrogen-bond acceptors (Lipinski definition) is 4. The molecule has 0 aromatic carbocycles. The van der Waals surface area contributed by atoms with Gasteiger partial charge in [-0.15, -0.1) is 11.3 Å². The van der Waals surface area contributed by atoms with E-state index in [9.17, 15) is 4.79 Å². The van der Waals surface area contributed by atoms with Crippen LogP contribution in [-0.4, -0.2) is 43.7 Å². The Morgan fingerprint density at radius 2 is 2.47 bits per heavy atom. The SMILES string of the molecule is Cc1ccc(CN(C)C(=O)C2COCCN2)s1. The van der Waals surface area contributed by atoms with E-state index >= 15 is 0 Å². The summed E-state index contributed by atoms with van der Waals surface area (Å²) in [7, 11) is 1.84. The minimum atomic E-state index is -0.185. The molecule has 1 aromatic heterocycles. The number of hydrogen-bond donors (Lipinski definition) is 1. The van der Waals surface area contributed by atoms with Gasteiger partial charge in [0, 0.05) is 23.3 Å². The first-order chi connectivity index (χ1) is 8.16. The Bertz CT molecular complexity index is 386. The van der Waals surface area contributed by atoms with Crippen molar-refractivity contribution in [2.24, 2.45) is 0 Å².